The molecule has 1 N–H and O–H groups in total. The highest BCUT2D eigenvalue weighted by molar-refractivity contribution is 5.94. The second-order valence-electron chi connectivity index (χ2n) is 3.81. The maximum absolute atomic E-state index is 11.1. The SMILES string of the molecule is CC(=O)c1ccc(O[C@@H]2CCNC2)cc1. The Morgan fingerprint density at radius 3 is 2.67 bits per heavy atom. The van der Waals surface area contributed by atoms with Gasteiger partial charge >= 0.3 is 0 Å². The van der Waals surface area contributed by atoms with Crippen LogP contribution in [0.2, 0.25) is 0 Å². The number of ether oxygens (including phenoxy) is 1. The van der Waals surface area contributed by atoms with E-state index in [-0.39, 0.29) is 11.9 Å². The van der Waals surface area contributed by atoms with Gasteiger partial charge in [0.2, 0.25) is 0 Å². The van der Waals surface area contributed by atoms with Crippen LogP contribution in [-0.2, 0) is 0 Å². The van der Waals surface area contributed by atoms with Gasteiger partial charge in [-0.3, -0.25) is 4.79 Å². The van der Waals surface area contributed by atoms with Crippen LogP contribution < -0.4 is 10.1 Å². The molecule has 1 aliphatic heterocycles. The normalized spacial score (nSPS) is 20.2. The second-order valence-corrected chi connectivity index (χ2v) is 3.81. The Hall–Kier alpha value is -1.35. The molecule has 0 spiro atoms. The van der Waals surface area contributed by atoms with Crippen molar-refractivity contribution in [3.05, 3.63) is 29.8 Å². The molecule has 1 aromatic rings. The number of rotatable bonds is 3. The van der Waals surface area contributed by atoms with Crippen LogP contribution in [0.5, 0.6) is 5.75 Å². The van der Waals surface area contributed by atoms with Crippen molar-refractivity contribution >= 4 is 5.78 Å². The van der Waals surface area contributed by atoms with Crippen LogP contribution in [0.15, 0.2) is 24.3 Å². The van der Waals surface area contributed by atoms with Gasteiger partial charge in [0.1, 0.15) is 11.9 Å². The third-order valence-corrected chi connectivity index (χ3v) is 2.58. The van der Waals surface area contributed by atoms with E-state index in [1.54, 1.807) is 19.1 Å². The molecule has 0 aliphatic carbocycles. The highest BCUT2D eigenvalue weighted by Crippen LogP contribution is 2.16. The van der Waals surface area contributed by atoms with Crippen LogP contribution in [-0.4, -0.2) is 25.0 Å². The zero-order chi connectivity index (χ0) is 10.7. The molecule has 0 radical (unpaired) electrons. The minimum atomic E-state index is 0.0871. The van der Waals surface area contributed by atoms with E-state index in [0.717, 1.165) is 30.8 Å². The number of ketones is 1. The van der Waals surface area contributed by atoms with Crippen LogP contribution in [0.1, 0.15) is 23.7 Å². The summed E-state index contributed by atoms with van der Waals surface area (Å²) >= 11 is 0. The molecule has 15 heavy (non-hydrogen) atoms. The Kier molecular flexibility index (Phi) is 3.02. The van der Waals surface area contributed by atoms with Crippen molar-refractivity contribution in [1.29, 1.82) is 0 Å². The minimum Gasteiger partial charge on any atom is -0.489 e. The molecule has 0 unspecified atom stereocenters. The van der Waals surface area contributed by atoms with Crippen molar-refractivity contribution in [3.8, 4) is 5.75 Å². The van der Waals surface area contributed by atoms with Crippen molar-refractivity contribution in [1.82, 2.24) is 5.32 Å². The summed E-state index contributed by atoms with van der Waals surface area (Å²) in [5, 5.41) is 3.24. The Balaban J connectivity index is 2.00. The summed E-state index contributed by atoms with van der Waals surface area (Å²) in [7, 11) is 0. The summed E-state index contributed by atoms with van der Waals surface area (Å²) in [5.41, 5.74) is 0.729. The largest absolute Gasteiger partial charge is 0.489 e. The molecule has 0 saturated carbocycles. The van der Waals surface area contributed by atoms with Crippen LogP contribution in [0.4, 0.5) is 0 Å². The molecule has 0 amide bonds. The zero-order valence-corrected chi connectivity index (χ0v) is 8.82. The maximum Gasteiger partial charge on any atom is 0.159 e. The average molecular weight is 205 g/mol. The maximum atomic E-state index is 11.1. The molecule has 2 rings (SSSR count). The number of hydrogen-bond donors (Lipinski definition) is 1. The Morgan fingerprint density at radius 1 is 1.40 bits per heavy atom. The molecule has 3 heteroatoms. The van der Waals surface area contributed by atoms with Crippen LogP contribution in [0.3, 0.4) is 0 Å². The first kappa shape index (κ1) is 10.2. The topological polar surface area (TPSA) is 38.3 Å². The van der Waals surface area contributed by atoms with Gasteiger partial charge in [-0.15, -0.1) is 0 Å². The van der Waals surface area contributed by atoms with Crippen molar-refractivity contribution < 1.29 is 9.53 Å². The first-order chi connectivity index (χ1) is 7.25. The predicted octanol–water partition coefficient (Wildman–Crippen LogP) is 1.63. The van der Waals surface area contributed by atoms with Crippen LogP contribution in [0.25, 0.3) is 0 Å². The molecule has 1 atom stereocenters. The Morgan fingerprint density at radius 2 is 2.13 bits per heavy atom. The van der Waals surface area contributed by atoms with Crippen molar-refractivity contribution in [3.63, 3.8) is 0 Å². The fourth-order valence-electron chi connectivity index (χ4n) is 1.69. The lowest BCUT2D eigenvalue weighted by atomic mass is 10.1. The van der Waals surface area contributed by atoms with Gasteiger partial charge in [0.05, 0.1) is 0 Å². The Bertz CT molecular complexity index is 339. The van der Waals surface area contributed by atoms with E-state index in [1.165, 1.54) is 0 Å². The smallest absolute Gasteiger partial charge is 0.159 e. The fourth-order valence-corrected chi connectivity index (χ4v) is 1.69. The van der Waals surface area contributed by atoms with Crippen LogP contribution >= 0.6 is 0 Å². The molecule has 1 aliphatic rings. The highest BCUT2D eigenvalue weighted by atomic mass is 16.5. The fraction of sp³-hybridized carbons (Fsp3) is 0.417. The quantitative estimate of drug-likeness (QED) is 0.762. The van der Waals surface area contributed by atoms with Crippen molar-refractivity contribution in [2.45, 2.75) is 19.4 Å². The van der Waals surface area contributed by atoms with E-state index in [4.69, 9.17) is 4.74 Å². The molecule has 1 fully saturated rings. The van der Waals surface area contributed by atoms with Crippen LogP contribution in [0, 0.1) is 0 Å². The molecular formula is C12H15NO2. The lowest BCUT2D eigenvalue weighted by Gasteiger charge is -2.12. The van der Waals surface area contributed by atoms with E-state index >= 15 is 0 Å². The van der Waals surface area contributed by atoms with Gasteiger partial charge in [0.25, 0.3) is 0 Å². The van der Waals surface area contributed by atoms with Gasteiger partial charge < -0.3 is 10.1 Å². The lowest BCUT2D eigenvalue weighted by Crippen LogP contribution is -2.19. The first-order valence-corrected chi connectivity index (χ1v) is 5.24. The van der Waals surface area contributed by atoms with E-state index < -0.39 is 0 Å². The highest BCUT2D eigenvalue weighted by Gasteiger charge is 2.15. The van der Waals surface area contributed by atoms with Gasteiger partial charge in [-0.2, -0.15) is 0 Å². The summed E-state index contributed by atoms with van der Waals surface area (Å²) in [6.45, 7) is 3.50. The predicted molar refractivity (Wildman–Crippen MR) is 58.3 cm³/mol. The molecule has 0 aromatic heterocycles. The summed E-state index contributed by atoms with van der Waals surface area (Å²) in [6, 6.07) is 7.32. The summed E-state index contributed by atoms with van der Waals surface area (Å²) in [5.74, 6) is 0.929. The minimum absolute atomic E-state index is 0.0871. The first-order valence-electron chi connectivity index (χ1n) is 5.24. The number of hydrogen-bond acceptors (Lipinski definition) is 3. The summed E-state index contributed by atoms with van der Waals surface area (Å²) < 4.78 is 5.74. The van der Waals surface area contributed by atoms with Gasteiger partial charge in [-0.05, 0) is 44.2 Å². The second kappa shape index (κ2) is 4.45. The van der Waals surface area contributed by atoms with Crippen molar-refractivity contribution in [2.75, 3.05) is 13.1 Å². The number of benzene rings is 1. The number of carbonyl (C=O) groups excluding carboxylic acids is 1. The number of carbonyl (C=O) groups is 1. The number of Topliss-reactive ketones (excluding diaryl/α,β-unsaturated/α-hetero) is 1. The van der Waals surface area contributed by atoms with Gasteiger partial charge in [0, 0.05) is 12.1 Å². The molecule has 80 valence electrons. The third kappa shape index (κ3) is 2.57. The van der Waals surface area contributed by atoms with E-state index in [2.05, 4.69) is 5.32 Å². The van der Waals surface area contributed by atoms with Gasteiger partial charge in [-0.1, -0.05) is 0 Å². The molecule has 1 aromatic carbocycles. The Labute approximate surface area is 89.4 Å². The van der Waals surface area contributed by atoms with E-state index in [0.29, 0.717) is 0 Å². The molecule has 0 bridgehead atoms. The molecular weight excluding hydrogens is 190 g/mol. The third-order valence-electron chi connectivity index (χ3n) is 2.58. The lowest BCUT2D eigenvalue weighted by molar-refractivity contribution is 0.101. The zero-order valence-electron chi connectivity index (χ0n) is 8.82. The van der Waals surface area contributed by atoms with Gasteiger partial charge in [-0.25, -0.2) is 0 Å². The van der Waals surface area contributed by atoms with E-state index in [9.17, 15) is 4.79 Å². The standard InChI is InChI=1S/C12H15NO2/c1-9(14)10-2-4-11(5-3-10)15-12-6-7-13-8-12/h2-5,12-13H,6-8H2,1H3/t12-/m1/s1. The van der Waals surface area contributed by atoms with Gasteiger partial charge in [0.15, 0.2) is 5.78 Å². The molecule has 1 saturated heterocycles. The summed E-state index contributed by atoms with van der Waals surface area (Å²) in [4.78, 5) is 11.1. The van der Waals surface area contributed by atoms with Crippen molar-refractivity contribution in [2.24, 2.45) is 0 Å². The monoisotopic (exact) mass is 205 g/mol. The average Bonchev–Trinajstić information content (AvgIpc) is 2.71. The van der Waals surface area contributed by atoms with E-state index in [1.807, 2.05) is 12.1 Å². The molecule has 3 nitrogen and oxygen atoms in total. The number of nitrogens with one attached hydrogen (secondary N) is 1. The summed E-state index contributed by atoms with van der Waals surface area (Å²) in [6.07, 6.45) is 1.32. The molecule has 1 heterocycles.